The molecule has 0 bridgehead atoms. The number of nitrogens with two attached hydrogens (primary N) is 1. The number of nitrogen functional groups attached to an aromatic ring is 1. The topological polar surface area (TPSA) is 82.2 Å². The highest BCUT2D eigenvalue weighted by molar-refractivity contribution is 6.33. The molecule has 1 aromatic carbocycles. The molecule has 0 fully saturated rings. The highest BCUT2D eigenvalue weighted by Crippen LogP contribution is 2.33. The van der Waals surface area contributed by atoms with E-state index in [1.165, 1.54) is 0 Å². The molecule has 2 aromatic rings. The molecule has 0 aliphatic carbocycles. The van der Waals surface area contributed by atoms with Crippen molar-refractivity contribution >= 4 is 29.1 Å². The van der Waals surface area contributed by atoms with Gasteiger partial charge in [-0.1, -0.05) is 11.6 Å². The predicted molar refractivity (Wildman–Crippen MR) is 87.9 cm³/mol. The highest BCUT2D eigenvalue weighted by Gasteiger charge is 2.17. The first-order valence-electron chi connectivity index (χ1n) is 6.75. The largest absolute Gasteiger partial charge is 0.444 e. The summed E-state index contributed by atoms with van der Waals surface area (Å²) in [5.41, 5.74) is 7.82. The Labute approximate surface area is 134 Å². The van der Waals surface area contributed by atoms with Gasteiger partial charge in [0, 0.05) is 18.3 Å². The van der Waals surface area contributed by atoms with Crippen LogP contribution in [-0.4, -0.2) is 21.5 Å². The van der Waals surface area contributed by atoms with E-state index < -0.39 is 11.7 Å². The van der Waals surface area contributed by atoms with Gasteiger partial charge in [-0.05, 0) is 39.0 Å². The van der Waals surface area contributed by atoms with E-state index in [1.807, 2.05) is 0 Å². The minimum absolute atomic E-state index is 0.513. The van der Waals surface area contributed by atoms with Gasteiger partial charge in [-0.25, -0.2) is 4.79 Å². The van der Waals surface area contributed by atoms with E-state index in [2.05, 4.69) is 10.4 Å². The number of nitrogens with zero attached hydrogens (tertiary/aromatic N) is 2. The van der Waals surface area contributed by atoms with Crippen molar-refractivity contribution in [1.82, 2.24) is 9.78 Å². The van der Waals surface area contributed by atoms with E-state index in [9.17, 15) is 4.79 Å². The van der Waals surface area contributed by atoms with Gasteiger partial charge in [0.05, 0.1) is 22.6 Å². The number of aromatic nitrogens is 2. The molecule has 3 N–H and O–H groups in total. The smallest absolute Gasteiger partial charge is 0.412 e. The Kier molecular flexibility index (Phi) is 4.32. The number of ether oxygens (including phenoxy) is 1. The van der Waals surface area contributed by atoms with Crippen LogP contribution in [0.4, 0.5) is 16.2 Å². The molecular weight excluding hydrogens is 304 g/mol. The number of hydrogen-bond acceptors (Lipinski definition) is 4. The summed E-state index contributed by atoms with van der Waals surface area (Å²) in [6.07, 6.45) is 1.03. The molecule has 0 aliphatic heterocycles. The third kappa shape index (κ3) is 3.71. The zero-order valence-electron chi connectivity index (χ0n) is 13.0. The summed E-state index contributed by atoms with van der Waals surface area (Å²) in [6.45, 7) is 5.41. The van der Waals surface area contributed by atoms with Gasteiger partial charge < -0.3 is 10.5 Å². The maximum absolute atomic E-state index is 11.8. The number of nitrogens with one attached hydrogen (secondary N) is 1. The molecule has 0 saturated carbocycles. The second-order valence-electron chi connectivity index (χ2n) is 5.89. The van der Waals surface area contributed by atoms with Gasteiger partial charge in [0.25, 0.3) is 0 Å². The second kappa shape index (κ2) is 5.88. The lowest BCUT2D eigenvalue weighted by Crippen LogP contribution is -2.27. The minimum Gasteiger partial charge on any atom is -0.444 e. The van der Waals surface area contributed by atoms with Crippen LogP contribution < -0.4 is 11.1 Å². The van der Waals surface area contributed by atoms with Crippen molar-refractivity contribution in [1.29, 1.82) is 0 Å². The number of anilines is 2. The van der Waals surface area contributed by atoms with Crippen molar-refractivity contribution in [3.05, 3.63) is 29.4 Å². The standard InChI is InChI=1S/C15H19ClN4O2/c1-15(2,3)22-14(21)19-9-5-6-11(16)10(7-9)13-12(17)8-18-20(13)4/h5-8H,17H2,1-4H3,(H,19,21). The number of hydrogen-bond donors (Lipinski definition) is 2. The van der Waals surface area contributed by atoms with Crippen LogP contribution in [0.2, 0.25) is 5.02 Å². The minimum atomic E-state index is -0.564. The van der Waals surface area contributed by atoms with E-state index in [0.717, 1.165) is 0 Å². The Hall–Kier alpha value is -2.21. The Morgan fingerprint density at radius 2 is 2.09 bits per heavy atom. The van der Waals surface area contributed by atoms with Crippen molar-refractivity contribution < 1.29 is 9.53 Å². The number of rotatable bonds is 2. The number of carbonyl (C=O) groups is 1. The van der Waals surface area contributed by atoms with E-state index in [4.69, 9.17) is 22.1 Å². The summed E-state index contributed by atoms with van der Waals surface area (Å²) < 4.78 is 6.86. The van der Waals surface area contributed by atoms with Crippen LogP contribution >= 0.6 is 11.6 Å². The lowest BCUT2D eigenvalue weighted by Gasteiger charge is -2.20. The average Bonchev–Trinajstić information content (AvgIpc) is 2.69. The maximum atomic E-state index is 11.8. The molecule has 6 nitrogen and oxygen atoms in total. The molecule has 0 aliphatic rings. The van der Waals surface area contributed by atoms with Gasteiger partial charge in [0.1, 0.15) is 5.60 Å². The molecule has 0 radical (unpaired) electrons. The number of carbonyl (C=O) groups excluding carboxylic acids is 1. The van der Waals surface area contributed by atoms with Crippen LogP contribution in [0, 0.1) is 0 Å². The first-order valence-corrected chi connectivity index (χ1v) is 7.12. The van der Waals surface area contributed by atoms with Crippen molar-refractivity contribution in [3.8, 4) is 11.3 Å². The predicted octanol–water partition coefficient (Wildman–Crippen LogP) is 3.67. The molecular formula is C15H19ClN4O2. The summed E-state index contributed by atoms with van der Waals surface area (Å²) in [7, 11) is 1.77. The third-order valence-corrected chi connectivity index (χ3v) is 3.16. The second-order valence-corrected chi connectivity index (χ2v) is 6.30. The van der Waals surface area contributed by atoms with Gasteiger partial charge >= 0.3 is 6.09 Å². The fourth-order valence-corrected chi connectivity index (χ4v) is 2.20. The number of halogens is 1. The molecule has 0 unspecified atom stereocenters. The van der Waals surface area contributed by atoms with Crippen LogP contribution in [0.15, 0.2) is 24.4 Å². The molecule has 1 aromatic heterocycles. The number of amides is 1. The van der Waals surface area contributed by atoms with Crippen LogP contribution in [-0.2, 0) is 11.8 Å². The maximum Gasteiger partial charge on any atom is 0.412 e. The fourth-order valence-electron chi connectivity index (χ4n) is 1.99. The molecule has 0 atom stereocenters. The van der Waals surface area contributed by atoms with Gasteiger partial charge in [-0.3, -0.25) is 10.00 Å². The molecule has 0 saturated heterocycles. The van der Waals surface area contributed by atoms with Crippen LogP contribution in [0.5, 0.6) is 0 Å². The van der Waals surface area contributed by atoms with Crippen LogP contribution in [0.1, 0.15) is 20.8 Å². The van der Waals surface area contributed by atoms with E-state index in [0.29, 0.717) is 27.7 Å². The summed E-state index contributed by atoms with van der Waals surface area (Å²) in [4.78, 5) is 11.8. The molecule has 118 valence electrons. The quantitative estimate of drug-likeness (QED) is 0.883. The fraction of sp³-hybridized carbons (Fsp3) is 0.333. The molecule has 0 spiro atoms. The first kappa shape index (κ1) is 16.2. The Balaban J connectivity index is 2.30. The SMILES string of the molecule is Cn1ncc(N)c1-c1cc(NC(=O)OC(C)(C)C)ccc1Cl. The Morgan fingerprint density at radius 1 is 1.41 bits per heavy atom. The molecule has 1 heterocycles. The van der Waals surface area contributed by atoms with E-state index in [-0.39, 0.29) is 0 Å². The molecule has 1 amide bonds. The third-order valence-electron chi connectivity index (χ3n) is 2.83. The summed E-state index contributed by atoms with van der Waals surface area (Å²) >= 11 is 6.23. The van der Waals surface area contributed by atoms with Crippen molar-refractivity contribution in [2.75, 3.05) is 11.1 Å². The van der Waals surface area contributed by atoms with Gasteiger partial charge in [-0.15, -0.1) is 0 Å². The lowest BCUT2D eigenvalue weighted by molar-refractivity contribution is 0.0636. The average molecular weight is 323 g/mol. The number of benzene rings is 1. The molecule has 2 rings (SSSR count). The highest BCUT2D eigenvalue weighted by atomic mass is 35.5. The van der Waals surface area contributed by atoms with Crippen molar-refractivity contribution in [2.24, 2.45) is 7.05 Å². The van der Waals surface area contributed by atoms with E-state index in [1.54, 1.807) is 56.9 Å². The summed E-state index contributed by atoms with van der Waals surface area (Å²) in [5, 5.41) is 7.29. The van der Waals surface area contributed by atoms with Crippen LogP contribution in [0.25, 0.3) is 11.3 Å². The molecule has 7 heteroatoms. The zero-order chi connectivity index (χ0) is 16.5. The monoisotopic (exact) mass is 322 g/mol. The zero-order valence-corrected chi connectivity index (χ0v) is 13.7. The summed E-state index contributed by atoms with van der Waals surface area (Å²) in [5.74, 6) is 0. The molecule has 22 heavy (non-hydrogen) atoms. The van der Waals surface area contributed by atoms with Crippen molar-refractivity contribution in [2.45, 2.75) is 26.4 Å². The summed E-state index contributed by atoms with van der Waals surface area (Å²) in [6, 6.07) is 5.12. The number of aryl methyl sites for hydroxylation is 1. The first-order chi connectivity index (χ1) is 10.2. The van der Waals surface area contributed by atoms with Gasteiger partial charge in [0.15, 0.2) is 0 Å². The van der Waals surface area contributed by atoms with Crippen LogP contribution in [0.3, 0.4) is 0 Å². The Bertz CT molecular complexity index is 685. The normalized spacial score (nSPS) is 11.3. The van der Waals surface area contributed by atoms with Gasteiger partial charge in [-0.2, -0.15) is 5.10 Å². The van der Waals surface area contributed by atoms with Crippen molar-refractivity contribution in [3.63, 3.8) is 0 Å². The Morgan fingerprint density at radius 3 is 2.64 bits per heavy atom. The van der Waals surface area contributed by atoms with Gasteiger partial charge in [0.2, 0.25) is 0 Å². The lowest BCUT2D eigenvalue weighted by atomic mass is 10.1. The van der Waals surface area contributed by atoms with E-state index >= 15 is 0 Å².